The van der Waals surface area contributed by atoms with E-state index in [0.717, 1.165) is 17.5 Å². The minimum Gasteiger partial charge on any atom is -0.444 e. The first-order valence-electron chi connectivity index (χ1n) is 6.19. The van der Waals surface area contributed by atoms with Crippen molar-refractivity contribution in [2.24, 2.45) is 7.05 Å². The van der Waals surface area contributed by atoms with Gasteiger partial charge in [0, 0.05) is 12.6 Å². The molecule has 2 aromatic rings. The number of ether oxygens (including phenoxy) is 1. The molecule has 0 aliphatic carbocycles. The van der Waals surface area contributed by atoms with Crippen LogP contribution in [0.2, 0.25) is 0 Å². The molecule has 0 saturated heterocycles. The Morgan fingerprint density at radius 2 is 2.11 bits per heavy atom. The summed E-state index contributed by atoms with van der Waals surface area (Å²) in [5.41, 5.74) is 1.94. The Morgan fingerprint density at radius 1 is 1.37 bits per heavy atom. The van der Waals surface area contributed by atoms with Crippen LogP contribution in [-0.2, 0) is 24.8 Å². The van der Waals surface area contributed by atoms with Crippen molar-refractivity contribution in [3.63, 3.8) is 0 Å². The lowest BCUT2D eigenvalue weighted by Crippen LogP contribution is -2.16. The van der Waals surface area contributed by atoms with Crippen LogP contribution in [0.15, 0.2) is 36.5 Å². The molecule has 1 heterocycles. The van der Waals surface area contributed by atoms with E-state index in [9.17, 15) is 4.79 Å². The first-order valence-corrected chi connectivity index (χ1v) is 6.19. The molecule has 0 aliphatic rings. The summed E-state index contributed by atoms with van der Waals surface area (Å²) >= 11 is 0. The maximum Gasteiger partial charge on any atom is 0.413 e. The van der Waals surface area contributed by atoms with E-state index < -0.39 is 6.09 Å². The van der Waals surface area contributed by atoms with Gasteiger partial charge >= 0.3 is 6.09 Å². The maximum absolute atomic E-state index is 11.7. The van der Waals surface area contributed by atoms with Gasteiger partial charge in [0.1, 0.15) is 12.4 Å². The summed E-state index contributed by atoms with van der Waals surface area (Å²) in [7, 11) is 1.78. The number of aromatic nitrogens is 2. The Bertz CT molecular complexity index is 549. The van der Waals surface area contributed by atoms with E-state index in [-0.39, 0.29) is 6.61 Å². The number of amides is 1. The van der Waals surface area contributed by atoms with E-state index in [1.165, 1.54) is 0 Å². The van der Waals surface area contributed by atoms with Crippen molar-refractivity contribution in [2.75, 3.05) is 5.32 Å². The van der Waals surface area contributed by atoms with E-state index in [1.807, 2.05) is 37.3 Å². The van der Waals surface area contributed by atoms with Gasteiger partial charge in [-0.2, -0.15) is 5.10 Å². The lowest BCUT2D eigenvalue weighted by atomic mass is 10.2. The smallest absolute Gasteiger partial charge is 0.413 e. The predicted molar refractivity (Wildman–Crippen MR) is 72.8 cm³/mol. The molecule has 0 radical (unpaired) electrons. The Kier molecular flexibility index (Phi) is 4.18. The fraction of sp³-hybridized carbons (Fsp3) is 0.286. The van der Waals surface area contributed by atoms with Crippen LogP contribution in [-0.4, -0.2) is 15.9 Å². The van der Waals surface area contributed by atoms with Crippen LogP contribution < -0.4 is 5.32 Å². The van der Waals surface area contributed by atoms with E-state index >= 15 is 0 Å². The summed E-state index contributed by atoms with van der Waals surface area (Å²) in [5.74, 6) is 0.681. The summed E-state index contributed by atoms with van der Waals surface area (Å²) in [6, 6.07) is 9.57. The molecule has 5 heteroatoms. The van der Waals surface area contributed by atoms with Gasteiger partial charge < -0.3 is 4.74 Å². The maximum atomic E-state index is 11.7. The molecule has 19 heavy (non-hydrogen) atoms. The molecule has 0 aliphatic heterocycles. The molecule has 0 unspecified atom stereocenters. The minimum atomic E-state index is -0.470. The van der Waals surface area contributed by atoms with E-state index in [0.29, 0.717) is 5.82 Å². The van der Waals surface area contributed by atoms with Crippen LogP contribution in [0.5, 0.6) is 0 Å². The quantitative estimate of drug-likeness (QED) is 0.918. The summed E-state index contributed by atoms with van der Waals surface area (Å²) in [5, 5.41) is 6.82. The van der Waals surface area contributed by atoms with Crippen LogP contribution in [0.4, 0.5) is 10.6 Å². The largest absolute Gasteiger partial charge is 0.444 e. The van der Waals surface area contributed by atoms with Crippen LogP contribution in [0, 0.1) is 0 Å². The zero-order valence-corrected chi connectivity index (χ0v) is 11.1. The van der Waals surface area contributed by atoms with Crippen molar-refractivity contribution < 1.29 is 9.53 Å². The van der Waals surface area contributed by atoms with Crippen LogP contribution in [0.3, 0.4) is 0 Å². The van der Waals surface area contributed by atoms with Crippen LogP contribution in [0.25, 0.3) is 0 Å². The molecular weight excluding hydrogens is 242 g/mol. The van der Waals surface area contributed by atoms with Crippen LogP contribution in [0.1, 0.15) is 18.1 Å². The number of carbonyl (C=O) groups is 1. The molecule has 1 aromatic heterocycles. The molecule has 1 amide bonds. The SMILES string of the molecule is CCc1cnn(C)c1NC(=O)OCc1ccccc1. The van der Waals surface area contributed by atoms with E-state index in [1.54, 1.807) is 17.9 Å². The number of aryl methyl sites for hydroxylation is 2. The second-order valence-corrected chi connectivity index (χ2v) is 4.18. The minimum absolute atomic E-state index is 0.256. The fourth-order valence-corrected chi connectivity index (χ4v) is 1.76. The summed E-state index contributed by atoms with van der Waals surface area (Å²) in [4.78, 5) is 11.7. The van der Waals surface area contributed by atoms with Crippen molar-refractivity contribution >= 4 is 11.9 Å². The van der Waals surface area contributed by atoms with Gasteiger partial charge in [0.05, 0.1) is 6.20 Å². The lowest BCUT2D eigenvalue weighted by Gasteiger charge is -2.08. The van der Waals surface area contributed by atoms with E-state index in [2.05, 4.69) is 10.4 Å². The van der Waals surface area contributed by atoms with E-state index in [4.69, 9.17) is 4.74 Å². The van der Waals surface area contributed by atoms with Crippen molar-refractivity contribution in [1.29, 1.82) is 0 Å². The van der Waals surface area contributed by atoms with Crippen molar-refractivity contribution in [2.45, 2.75) is 20.0 Å². The molecule has 1 N–H and O–H groups in total. The third kappa shape index (κ3) is 3.34. The summed E-state index contributed by atoms with van der Waals surface area (Å²) < 4.78 is 6.79. The molecule has 1 aromatic carbocycles. The van der Waals surface area contributed by atoms with Gasteiger partial charge in [-0.1, -0.05) is 37.3 Å². The van der Waals surface area contributed by atoms with Gasteiger partial charge in [0.15, 0.2) is 0 Å². The molecule has 5 nitrogen and oxygen atoms in total. The molecule has 0 fully saturated rings. The first kappa shape index (κ1) is 13.1. The average molecular weight is 259 g/mol. The van der Waals surface area contributed by atoms with Crippen molar-refractivity contribution in [1.82, 2.24) is 9.78 Å². The van der Waals surface area contributed by atoms with Gasteiger partial charge in [-0.3, -0.25) is 10.00 Å². The zero-order chi connectivity index (χ0) is 13.7. The fourth-order valence-electron chi connectivity index (χ4n) is 1.76. The number of hydrogen-bond donors (Lipinski definition) is 1. The highest BCUT2D eigenvalue weighted by Crippen LogP contribution is 2.14. The van der Waals surface area contributed by atoms with Gasteiger partial charge in [-0.25, -0.2) is 4.79 Å². The van der Waals surface area contributed by atoms with Crippen molar-refractivity contribution in [3.05, 3.63) is 47.7 Å². The normalized spacial score (nSPS) is 10.2. The Hall–Kier alpha value is -2.30. The Morgan fingerprint density at radius 3 is 2.79 bits per heavy atom. The third-order valence-electron chi connectivity index (χ3n) is 2.83. The number of hydrogen-bond acceptors (Lipinski definition) is 3. The molecule has 2 rings (SSSR count). The van der Waals surface area contributed by atoms with Gasteiger partial charge in [0.2, 0.25) is 0 Å². The zero-order valence-electron chi connectivity index (χ0n) is 11.1. The highest BCUT2D eigenvalue weighted by molar-refractivity contribution is 5.84. The number of nitrogens with one attached hydrogen (secondary N) is 1. The Labute approximate surface area is 112 Å². The highest BCUT2D eigenvalue weighted by atomic mass is 16.5. The topological polar surface area (TPSA) is 56.2 Å². The van der Waals surface area contributed by atoms with Gasteiger partial charge in [-0.05, 0) is 12.0 Å². The van der Waals surface area contributed by atoms with Crippen molar-refractivity contribution in [3.8, 4) is 0 Å². The van der Waals surface area contributed by atoms with Crippen LogP contribution >= 0.6 is 0 Å². The molecule has 0 bridgehead atoms. The lowest BCUT2D eigenvalue weighted by molar-refractivity contribution is 0.155. The molecular formula is C14H17N3O2. The summed E-state index contributed by atoms with van der Waals surface area (Å²) in [6.07, 6.45) is 2.08. The molecule has 0 saturated carbocycles. The molecule has 100 valence electrons. The first-order chi connectivity index (χ1) is 9.20. The molecule has 0 spiro atoms. The third-order valence-corrected chi connectivity index (χ3v) is 2.83. The number of rotatable bonds is 4. The highest BCUT2D eigenvalue weighted by Gasteiger charge is 2.11. The average Bonchev–Trinajstić information content (AvgIpc) is 2.78. The second kappa shape index (κ2) is 6.04. The van der Waals surface area contributed by atoms with Gasteiger partial charge in [-0.15, -0.1) is 0 Å². The number of carbonyl (C=O) groups excluding carboxylic acids is 1. The number of anilines is 1. The predicted octanol–water partition coefficient (Wildman–Crippen LogP) is 2.73. The Balaban J connectivity index is 1.93. The standard InChI is InChI=1S/C14H17N3O2/c1-3-12-9-15-17(2)13(12)16-14(18)19-10-11-7-5-4-6-8-11/h4-9H,3,10H2,1-2H3,(H,16,18). The number of benzene rings is 1. The number of nitrogens with zero attached hydrogens (tertiary/aromatic N) is 2. The monoisotopic (exact) mass is 259 g/mol. The molecule has 0 atom stereocenters. The summed E-state index contributed by atoms with van der Waals surface area (Å²) in [6.45, 7) is 2.27. The second-order valence-electron chi connectivity index (χ2n) is 4.18. The van der Waals surface area contributed by atoms with Gasteiger partial charge in [0.25, 0.3) is 0 Å².